The molecular formula is C19H26O2. The van der Waals surface area contributed by atoms with Crippen LogP contribution in [0.4, 0.5) is 0 Å². The van der Waals surface area contributed by atoms with Gasteiger partial charge in [-0.2, -0.15) is 0 Å². The minimum Gasteiger partial charge on any atom is -0.504 e. The highest BCUT2D eigenvalue weighted by Crippen LogP contribution is 2.36. The molecule has 0 atom stereocenters. The lowest BCUT2D eigenvalue weighted by molar-refractivity contribution is 0.408. The number of rotatable bonds is 7. The molecule has 2 nitrogen and oxygen atoms in total. The lowest BCUT2D eigenvalue weighted by Crippen LogP contribution is -1.93. The van der Waals surface area contributed by atoms with Crippen LogP contribution in [-0.4, -0.2) is 10.2 Å². The van der Waals surface area contributed by atoms with Gasteiger partial charge in [0, 0.05) is 5.39 Å². The Bertz CT molecular complexity index is 602. The number of unbranched alkanes of at least 4 members (excludes halogenated alkanes) is 3. The minimum atomic E-state index is -0.0327. The molecule has 0 fully saturated rings. The first-order valence-electron chi connectivity index (χ1n) is 8.13. The summed E-state index contributed by atoms with van der Waals surface area (Å²) >= 11 is 0. The van der Waals surface area contributed by atoms with Gasteiger partial charge < -0.3 is 10.2 Å². The van der Waals surface area contributed by atoms with E-state index in [9.17, 15) is 10.2 Å². The normalized spacial score (nSPS) is 11.1. The van der Waals surface area contributed by atoms with E-state index >= 15 is 0 Å². The molecule has 0 aliphatic carbocycles. The maximum absolute atomic E-state index is 10.2. The topological polar surface area (TPSA) is 40.5 Å². The van der Waals surface area contributed by atoms with E-state index in [1.54, 1.807) is 6.07 Å². The number of aryl methyl sites for hydroxylation is 2. The van der Waals surface area contributed by atoms with Crippen molar-refractivity contribution in [2.24, 2.45) is 0 Å². The van der Waals surface area contributed by atoms with Crippen molar-refractivity contribution in [3.05, 3.63) is 35.4 Å². The van der Waals surface area contributed by atoms with Crippen LogP contribution in [0.25, 0.3) is 10.8 Å². The average Bonchev–Trinajstić information content (AvgIpc) is 2.49. The third-order valence-electron chi connectivity index (χ3n) is 4.10. The third-order valence-corrected chi connectivity index (χ3v) is 4.10. The molecule has 2 rings (SSSR count). The molecule has 114 valence electrons. The quantitative estimate of drug-likeness (QED) is 0.533. The van der Waals surface area contributed by atoms with Gasteiger partial charge in [-0.1, -0.05) is 45.2 Å². The van der Waals surface area contributed by atoms with Crippen molar-refractivity contribution in [3.8, 4) is 11.5 Å². The average molecular weight is 286 g/mol. The summed E-state index contributed by atoms with van der Waals surface area (Å²) < 4.78 is 0. The second-order valence-corrected chi connectivity index (χ2v) is 5.84. The van der Waals surface area contributed by atoms with Gasteiger partial charge in [0.2, 0.25) is 0 Å². The number of benzene rings is 2. The second kappa shape index (κ2) is 7.35. The molecule has 0 bridgehead atoms. The molecule has 0 saturated heterocycles. The zero-order chi connectivity index (χ0) is 15.2. The summed E-state index contributed by atoms with van der Waals surface area (Å²) in [7, 11) is 0. The van der Waals surface area contributed by atoms with Crippen LogP contribution in [-0.2, 0) is 12.8 Å². The molecule has 21 heavy (non-hydrogen) atoms. The van der Waals surface area contributed by atoms with E-state index in [2.05, 4.69) is 19.9 Å². The monoisotopic (exact) mass is 286 g/mol. The number of fused-ring (bicyclic) bond motifs is 1. The molecule has 2 N–H and O–H groups in total. The van der Waals surface area contributed by atoms with Crippen LogP contribution < -0.4 is 0 Å². The summed E-state index contributed by atoms with van der Waals surface area (Å²) in [6, 6.07) is 7.83. The number of hydrogen-bond donors (Lipinski definition) is 2. The van der Waals surface area contributed by atoms with E-state index in [1.807, 2.05) is 12.1 Å². The van der Waals surface area contributed by atoms with E-state index in [0.717, 1.165) is 36.5 Å². The Balaban J connectivity index is 2.44. The van der Waals surface area contributed by atoms with Crippen molar-refractivity contribution >= 4 is 10.8 Å². The van der Waals surface area contributed by atoms with Gasteiger partial charge in [0.1, 0.15) is 0 Å². The van der Waals surface area contributed by atoms with Crippen LogP contribution in [0, 0.1) is 0 Å². The Morgan fingerprint density at radius 3 is 2.29 bits per heavy atom. The van der Waals surface area contributed by atoms with Gasteiger partial charge in [-0.15, -0.1) is 0 Å². The molecule has 0 aliphatic heterocycles. The first-order valence-corrected chi connectivity index (χ1v) is 8.13. The van der Waals surface area contributed by atoms with Crippen LogP contribution in [0.2, 0.25) is 0 Å². The molecule has 0 heterocycles. The lowest BCUT2D eigenvalue weighted by Gasteiger charge is -2.12. The Morgan fingerprint density at radius 2 is 1.57 bits per heavy atom. The number of aromatic hydroxyl groups is 2. The second-order valence-electron chi connectivity index (χ2n) is 5.84. The highest BCUT2D eigenvalue weighted by atomic mass is 16.3. The third kappa shape index (κ3) is 3.69. The molecule has 0 aliphatic rings. The fourth-order valence-electron chi connectivity index (χ4n) is 2.85. The molecular weight excluding hydrogens is 260 g/mol. The van der Waals surface area contributed by atoms with E-state index in [-0.39, 0.29) is 11.5 Å². The summed E-state index contributed by atoms with van der Waals surface area (Å²) in [6.45, 7) is 4.39. The Kier molecular flexibility index (Phi) is 5.49. The first-order chi connectivity index (χ1) is 10.2. The predicted molar refractivity (Wildman–Crippen MR) is 89.1 cm³/mol. The van der Waals surface area contributed by atoms with Gasteiger partial charge in [0.25, 0.3) is 0 Å². The summed E-state index contributed by atoms with van der Waals surface area (Å²) in [5, 5.41) is 21.8. The van der Waals surface area contributed by atoms with E-state index in [4.69, 9.17) is 0 Å². The Labute approximate surface area is 127 Å². The molecule has 0 aromatic heterocycles. The summed E-state index contributed by atoms with van der Waals surface area (Å²) in [4.78, 5) is 0. The zero-order valence-corrected chi connectivity index (χ0v) is 13.2. The molecule has 0 saturated carbocycles. The van der Waals surface area contributed by atoms with Crippen LogP contribution >= 0.6 is 0 Å². The predicted octanol–water partition coefficient (Wildman–Crippen LogP) is 5.33. The summed E-state index contributed by atoms with van der Waals surface area (Å²) in [5.74, 6) is -0.0164. The maximum Gasteiger partial charge on any atom is 0.165 e. The van der Waals surface area contributed by atoms with Crippen molar-refractivity contribution < 1.29 is 10.2 Å². The summed E-state index contributed by atoms with van der Waals surface area (Å²) in [5.41, 5.74) is 2.55. The molecule has 2 aromatic carbocycles. The molecule has 2 heteroatoms. The SMILES string of the molecule is CCCCCc1cc(CCCC)cc2c(O)c(O)ccc12. The largest absolute Gasteiger partial charge is 0.504 e. The van der Waals surface area contributed by atoms with Crippen molar-refractivity contribution in [2.75, 3.05) is 0 Å². The van der Waals surface area contributed by atoms with Crippen molar-refractivity contribution in [1.29, 1.82) is 0 Å². The van der Waals surface area contributed by atoms with E-state index in [0.29, 0.717) is 0 Å². The van der Waals surface area contributed by atoms with Gasteiger partial charge in [0.15, 0.2) is 11.5 Å². The zero-order valence-electron chi connectivity index (χ0n) is 13.2. The number of phenols is 2. The number of phenolic OH excluding ortho intramolecular Hbond substituents is 2. The van der Waals surface area contributed by atoms with Crippen LogP contribution in [0.1, 0.15) is 57.1 Å². The first kappa shape index (κ1) is 15.7. The Morgan fingerprint density at radius 1 is 0.810 bits per heavy atom. The highest BCUT2D eigenvalue weighted by molar-refractivity contribution is 5.93. The van der Waals surface area contributed by atoms with Gasteiger partial charge >= 0.3 is 0 Å². The molecule has 0 unspecified atom stereocenters. The fourth-order valence-corrected chi connectivity index (χ4v) is 2.85. The van der Waals surface area contributed by atoms with Gasteiger partial charge in [-0.05, 0) is 54.3 Å². The van der Waals surface area contributed by atoms with E-state index < -0.39 is 0 Å². The molecule has 0 radical (unpaired) electrons. The van der Waals surface area contributed by atoms with Gasteiger partial charge in [0.05, 0.1) is 0 Å². The molecule has 0 amide bonds. The highest BCUT2D eigenvalue weighted by Gasteiger charge is 2.10. The summed E-state index contributed by atoms with van der Waals surface area (Å²) in [6.07, 6.45) is 7.99. The lowest BCUT2D eigenvalue weighted by atomic mass is 9.94. The van der Waals surface area contributed by atoms with Crippen molar-refractivity contribution in [2.45, 2.75) is 58.8 Å². The molecule has 0 spiro atoms. The van der Waals surface area contributed by atoms with Crippen molar-refractivity contribution in [3.63, 3.8) is 0 Å². The standard InChI is InChI=1S/C19H26O2/c1-3-5-7-9-15-12-14(8-6-4-2)13-17-16(15)10-11-18(20)19(17)21/h10-13,20-21H,3-9H2,1-2H3. The minimum absolute atomic E-state index is 0.0163. The smallest absolute Gasteiger partial charge is 0.165 e. The van der Waals surface area contributed by atoms with Crippen molar-refractivity contribution in [1.82, 2.24) is 0 Å². The van der Waals surface area contributed by atoms with Gasteiger partial charge in [-0.3, -0.25) is 0 Å². The number of hydrogen-bond acceptors (Lipinski definition) is 2. The maximum atomic E-state index is 10.2. The van der Waals surface area contributed by atoms with Crippen LogP contribution in [0.3, 0.4) is 0 Å². The van der Waals surface area contributed by atoms with Crippen LogP contribution in [0.5, 0.6) is 11.5 Å². The van der Waals surface area contributed by atoms with Gasteiger partial charge in [-0.25, -0.2) is 0 Å². The Hall–Kier alpha value is -1.70. The molecule has 2 aromatic rings. The van der Waals surface area contributed by atoms with E-state index in [1.165, 1.54) is 30.4 Å². The fraction of sp³-hybridized carbons (Fsp3) is 0.474. The van der Waals surface area contributed by atoms with Crippen LogP contribution in [0.15, 0.2) is 24.3 Å².